The van der Waals surface area contributed by atoms with E-state index in [1.165, 1.54) is 5.56 Å². The summed E-state index contributed by atoms with van der Waals surface area (Å²) in [6.45, 7) is 0. The molecule has 0 radical (unpaired) electrons. The highest BCUT2D eigenvalue weighted by Gasteiger charge is 2.03. The van der Waals surface area contributed by atoms with Crippen molar-refractivity contribution < 1.29 is 9.53 Å². The maximum Gasteiger partial charge on any atom is 0.224 e. The molecular weight excluding hydrogens is 324 g/mol. The van der Waals surface area contributed by atoms with Crippen LogP contribution >= 0.6 is 0 Å². The molecule has 4 nitrogen and oxygen atoms in total. The van der Waals surface area contributed by atoms with Gasteiger partial charge in [-0.3, -0.25) is 4.79 Å². The number of rotatable bonds is 7. The molecule has 1 amide bonds. The monoisotopic (exact) mass is 346 g/mol. The molecule has 0 saturated carbocycles. The van der Waals surface area contributed by atoms with Gasteiger partial charge in [0, 0.05) is 23.5 Å². The topological polar surface area (TPSA) is 50.4 Å². The zero-order valence-electron chi connectivity index (χ0n) is 14.7. The molecule has 0 heterocycles. The number of carbonyl (C=O) groups excluding carboxylic acids is 1. The van der Waals surface area contributed by atoms with Crippen LogP contribution in [0.1, 0.15) is 12.0 Å². The number of hydrogen-bond acceptors (Lipinski definition) is 3. The second-order valence-corrected chi connectivity index (χ2v) is 5.96. The summed E-state index contributed by atoms with van der Waals surface area (Å²) in [5.41, 5.74) is 3.90. The molecule has 3 rings (SSSR count). The Balaban J connectivity index is 1.51. The third-order valence-corrected chi connectivity index (χ3v) is 4.03. The van der Waals surface area contributed by atoms with E-state index < -0.39 is 0 Å². The van der Waals surface area contributed by atoms with Gasteiger partial charge in [-0.1, -0.05) is 30.3 Å². The van der Waals surface area contributed by atoms with E-state index in [1.807, 2.05) is 78.9 Å². The van der Waals surface area contributed by atoms with E-state index in [0.717, 1.165) is 29.2 Å². The molecule has 0 atom stereocenters. The number of carbonyl (C=O) groups is 1. The second-order valence-electron chi connectivity index (χ2n) is 5.96. The molecule has 0 aliphatic heterocycles. The molecule has 0 spiro atoms. The molecule has 3 aromatic carbocycles. The van der Waals surface area contributed by atoms with E-state index in [1.54, 1.807) is 7.11 Å². The molecule has 4 heteroatoms. The van der Waals surface area contributed by atoms with Gasteiger partial charge in [0.05, 0.1) is 7.11 Å². The van der Waals surface area contributed by atoms with Crippen molar-refractivity contribution in [2.75, 3.05) is 17.7 Å². The zero-order valence-corrected chi connectivity index (χ0v) is 14.7. The first-order chi connectivity index (χ1) is 12.7. The lowest BCUT2D eigenvalue weighted by atomic mass is 10.1. The van der Waals surface area contributed by atoms with E-state index in [9.17, 15) is 4.79 Å². The lowest BCUT2D eigenvalue weighted by molar-refractivity contribution is -0.116. The Morgan fingerprint density at radius 2 is 1.38 bits per heavy atom. The highest BCUT2D eigenvalue weighted by Crippen LogP contribution is 2.21. The summed E-state index contributed by atoms with van der Waals surface area (Å²) in [4.78, 5) is 12.1. The molecule has 132 valence electrons. The smallest absolute Gasteiger partial charge is 0.224 e. The predicted octanol–water partition coefficient (Wildman–Crippen LogP) is 5.01. The van der Waals surface area contributed by atoms with Crippen molar-refractivity contribution in [3.63, 3.8) is 0 Å². The van der Waals surface area contributed by atoms with Crippen LogP contribution in [0.4, 0.5) is 17.1 Å². The van der Waals surface area contributed by atoms with Crippen LogP contribution in [-0.4, -0.2) is 13.0 Å². The number of aryl methyl sites for hydroxylation is 1. The quantitative estimate of drug-likeness (QED) is 0.632. The van der Waals surface area contributed by atoms with E-state index in [2.05, 4.69) is 10.6 Å². The summed E-state index contributed by atoms with van der Waals surface area (Å²) in [5.74, 6) is 0.842. The van der Waals surface area contributed by atoms with Gasteiger partial charge < -0.3 is 15.4 Å². The maximum atomic E-state index is 12.1. The minimum atomic E-state index is 0.0183. The Kier molecular flexibility index (Phi) is 5.88. The fourth-order valence-corrected chi connectivity index (χ4v) is 2.60. The fraction of sp³-hybridized carbons (Fsp3) is 0.136. The van der Waals surface area contributed by atoms with E-state index in [0.29, 0.717) is 6.42 Å². The Hall–Kier alpha value is -3.27. The summed E-state index contributed by atoms with van der Waals surface area (Å²) < 4.78 is 5.15. The highest BCUT2D eigenvalue weighted by atomic mass is 16.5. The Morgan fingerprint density at radius 3 is 2.00 bits per heavy atom. The number of amides is 1. The van der Waals surface area contributed by atoms with E-state index in [-0.39, 0.29) is 5.91 Å². The van der Waals surface area contributed by atoms with Crippen LogP contribution in [0.3, 0.4) is 0 Å². The molecule has 2 N–H and O–H groups in total. The lowest BCUT2D eigenvalue weighted by Crippen LogP contribution is -2.12. The Labute approximate surface area is 153 Å². The first kappa shape index (κ1) is 17.5. The van der Waals surface area contributed by atoms with Crippen molar-refractivity contribution in [2.24, 2.45) is 0 Å². The zero-order chi connectivity index (χ0) is 18.2. The normalized spacial score (nSPS) is 10.2. The first-order valence-electron chi connectivity index (χ1n) is 8.58. The van der Waals surface area contributed by atoms with Gasteiger partial charge in [-0.05, 0) is 60.5 Å². The average molecular weight is 346 g/mol. The molecule has 0 fully saturated rings. The van der Waals surface area contributed by atoms with Crippen LogP contribution < -0.4 is 15.4 Å². The van der Waals surface area contributed by atoms with Gasteiger partial charge >= 0.3 is 0 Å². The van der Waals surface area contributed by atoms with Crippen LogP contribution in [0.2, 0.25) is 0 Å². The number of nitrogens with one attached hydrogen (secondary N) is 2. The maximum absolute atomic E-state index is 12.1. The summed E-state index contributed by atoms with van der Waals surface area (Å²) in [5, 5.41) is 6.25. The number of anilines is 3. The third-order valence-electron chi connectivity index (χ3n) is 4.03. The first-order valence-corrected chi connectivity index (χ1v) is 8.58. The van der Waals surface area contributed by atoms with Crippen molar-refractivity contribution in [1.29, 1.82) is 0 Å². The standard InChI is InChI=1S/C22H22N2O2/c1-26-21-14-12-19(13-15-21)23-18-8-10-20(11-9-18)24-22(25)16-7-17-5-3-2-4-6-17/h2-6,8-15,23H,7,16H2,1H3,(H,24,25). The number of hydrogen-bond donors (Lipinski definition) is 2. The Morgan fingerprint density at radius 1 is 0.808 bits per heavy atom. The van der Waals surface area contributed by atoms with Crippen LogP contribution in [-0.2, 0) is 11.2 Å². The number of benzene rings is 3. The van der Waals surface area contributed by atoms with Gasteiger partial charge in [0.1, 0.15) is 5.75 Å². The molecule has 0 saturated heterocycles. The summed E-state index contributed by atoms with van der Waals surface area (Å²) in [7, 11) is 1.65. The van der Waals surface area contributed by atoms with Crippen LogP contribution in [0, 0.1) is 0 Å². The van der Waals surface area contributed by atoms with Gasteiger partial charge in [-0.25, -0.2) is 0 Å². The minimum Gasteiger partial charge on any atom is -0.497 e. The highest BCUT2D eigenvalue weighted by molar-refractivity contribution is 5.91. The Bertz CT molecular complexity index is 828. The van der Waals surface area contributed by atoms with E-state index in [4.69, 9.17) is 4.74 Å². The third kappa shape index (κ3) is 5.11. The molecule has 0 aliphatic carbocycles. The van der Waals surface area contributed by atoms with E-state index >= 15 is 0 Å². The van der Waals surface area contributed by atoms with Crippen molar-refractivity contribution in [3.8, 4) is 5.75 Å². The molecule has 26 heavy (non-hydrogen) atoms. The van der Waals surface area contributed by atoms with Gasteiger partial charge in [0.25, 0.3) is 0 Å². The largest absolute Gasteiger partial charge is 0.497 e. The fourth-order valence-electron chi connectivity index (χ4n) is 2.60. The molecule has 3 aromatic rings. The number of ether oxygens (including phenoxy) is 1. The van der Waals surface area contributed by atoms with Crippen LogP contribution in [0.15, 0.2) is 78.9 Å². The van der Waals surface area contributed by atoms with Crippen molar-refractivity contribution >= 4 is 23.0 Å². The van der Waals surface area contributed by atoms with Crippen molar-refractivity contribution in [3.05, 3.63) is 84.4 Å². The molecule has 0 bridgehead atoms. The number of methoxy groups -OCH3 is 1. The summed E-state index contributed by atoms with van der Waals surface area (Å²) >= 11 is 0. The average Bonchev–Trinajstić information content (AvgIpc) is 2.69. The van der Waals surface area contributed by atoms with Gasteiger partial charge in [-0.15, -0.1) is 0 Å². The molecule has 0 unspecified atom stereocenters. The summed E-state index contributed by atoms with van der Waals surface area (Å²) in [6, 6.07) is 25.4. The second kappa shape index (κ2) is 8.72. The van der Waals surface area contributed by atoms with Crippen LogP contribution in [0.25, 0.3) is 0 Å². The van der Waals surface area contributed by atoms with Crippen molar-refractivity contribution in [2.45, 2.75) is 12.8 Å². The predicted molar refractivity (Wildman–Crippen MR) is 106 cm³/mol. The SMILES string of the molecule is COc1ccc(Nc2ccc(NC(=O)CCc3ccccc3)cc2)cc1. The molecule has 0 aliphatic rings. The minimum absolute atomic E-state index is 0.0183. The van der Waals surface area contributed by atoms with Gasteiger partial charge in [-0.2, -0.15) is 0 Å². The lowest BCUT2D eigenvalue weighted by Gasteiger charge is -2.09. The van der Waals surface area contributed by atoms with Gasteiger partial charge in [0.15, 0.2) is 0 Å². The molecule has 0 aromatic heterocycles. The molecular formula is C22H22N2O2. The summed E-state index contributed by atoms with van der Waals surface area (Å²) in [6.07, 6.45) is 1.21. The van der Waals surface area contributed by atoms with Crippen molar-refractivity contribution in [1.82, 2.24) is 0 Å². The van der Waals surface area contributed by atoms with Crippen LogP contribution in [0.5, 0.6) is 5.75 Å². The van der Waals surface area contributed by atoms with Gasteiger partial charge in [0.2, 0.25) is 5.91 Å².